The first-order valence-electron chi connectivity index (χ1n) is 6.12. The smallest absolute Gasteiger partial charge is 0.331 e. The van der Waals surface area contributed by atoms with E-state index in [0.717, 1.165) is 4.57 Å². The number of carbonyl (C=O) groups is 1. The number of nitrogens with zero attached hydrogens (tertiary/aromatic N) is 2. The van der Waals surface area contributed by atoms with Crippen LogP contribution in [-0.4, -0.2) is 32.8 Å². The van der Waals surface area contributed by atoms with Crippen LogP contribution in [0.2, 0.25) is 0 Å². The van der Waals surface area contributed by atoms with Crippen LogP contribution >= 0.6 is 0 Å². The van der Waals surface area contributed by atoms with Gasteiger partial charge in [-0.05, 0) is 19.8 Å². The molecule has 0 aliphatic carbocycles. The summed E-state index contributed by atoms with van der Waals surface area (Å²) >= 11 is 0. The van der Waals surface area contributed by atoms with E-state index in [0.29, 0.717) is 12.8 Å². The standard InChI is InChI=1S/C12H19N3O4/c1-9(4-3-7-16)13-10(17)8-15-6-5-11(18)14(2)12(15)19/h5-6,9,16H,3-4,7-8H2,1-2H3,(H,13,17). The lowest BCUT2D eigenvalue weighted by atomic mass is 10.2. The lowest BCUT2D eigenvalue weighted by molar-refractivity contribution is -0.122. The summed E-state index contributed by atoms with van der Waals surface area (Å²) in [6, 6.07) is 1.17. The van der Waals surface area contributed by atoms with E-state index < -0.39 is 11.2 Å². The summed E-state index contributed by atoms with van der Waals surface area (Å²) in [7, 11) is 1.36. The summed E-state index contributed by atoms with van der Waals surface area (Å²) in [6.45, 7) is 1.79. The highest BCUT2D eigenvalue weighted by atomic mass is 16.3. The molecule has 0 fully saturated rings. The second-order valence-corrected chi connectivity index (χ2v) is 4.46. The van der Waals surface area contributed by atoms with Crippen LogP contribution in [0.3, 0.4) is 0 Å². The number of aliphatic hydroxyl groups excluding tert-OH is 1. The predicted octanol–water partition coefficient (Wildman–Crippen LogP) is -1.18. The van der Waals surface area contributed by atoms with Gasteiger partial charge in [0.2, 0.25) is 5.91 Å². The van der Waals surface area contributed by atoms with Crippen molar-refractivity contribution < 1.29 is 9.90 Å². The predicted molar refractivity (Wildman–Crippen MR) is 69.9 cm³/mol. The maximum Gasteiger partial charge on any atom is 0.331 e. The quantitative estimate of drug-likeness (QED) is 0.680. The SMILES string of the molecule is CC(CCCO)NC(=O)Cn1ccc(=O)n(C)c1=O. The van der Waals surface area contributed by atoms with Gasteiger partial charge in [-0.25, -0.2) is 4.79 Å². The molecule has 1 heterocycles. The van der Waals surface area contributed by atoms with E-state index in [9.17, 15) is 14.4 Å². The van der Waals surface area contributed by atoms with E-state index in [-0.39, 0.29) is 25.1 Å². The van der Waals surface area contributed by atoms with E-state index in [1.54, 1.807) is 0 Å². The van der Waals surface area contributed by atoms with Gasteiger partial charge in [-0.2, -0.15) is 0 Å². The molecule has 7 nitrogen and oxygen atoms in total. The topological polar surface area (TPSA) is 93.3 Å². The minimum absolute atomic E-state index is 0.0668. The third-order valence-corrected chi connectivity index (χ3v) is 2.78. The molecule has 0 aliphatic rings. The average molecular weight is 269 g/mol. The Morgan fingerprint density at radius 3 is 2.79 bits per heavy atom. The van der Waals surface area contributed by atoms with Crippen LogP contribution in [0, 0.1) is 0 Å². The summed E-state index contributed by atoms with van der Waals surface area (Å²) < 4.78 is 2.12. The number of carbonyl (C=O) groups excluding carboxylic acids is 1. The molecule has 0 radical (unpaired) electrons. The molecule has 0 aromatic carbocycles. The molecule has 1 aromatic rings. The van der Waals surface area contributed by atoms with Crippen molar-refractivity contribution in [1.82, 2.24) is 14.5 Å². The maximum absolute atomic E-state index is 11.7. The zero-order valence-electron chi connectivity index (χ0n) is 11.1. The minimum atomic E-state index is -0.523. The van der Waals surface area contributed by atoms with Gasteiger partial charge in [0.1, 0.15) is 6.54 Å². The summed E-state index contributed by atoms with van der Waals surface area (Å²) in [5, 5.41) is 11.4. The molecule has 0 saturated heterocycles. The van der Waals surface area contributed by atoms with E-state index >= 15 is 0 Å². The van der Waals surface area contributed by atoms with Gasteiger partial charge in [0.15, 0.2) is 0 Å². The molecule has 1 aromatic heterocycles. The Kier molecular flexibility index (Phi) is 5.50. The number of aliphatic hydroxyl groups is 1. The molecule has 1 rings (SSSR count). The van der Waals surface area contributed by atoms with Crippen molar-refractivity contribution in [2.24, 2.45) is 7.05 Å². The molecule has 0 saturated carbocycles. The van der Waals surface area contributed by atoms with Gasteiger partial charge in [0, 0.05) is 32.0 Å². The zero-order chi connectivity index (χ0) is 14.4. The first kappa shape index (κ1) is 15.2. The van der Waals surface area contributed by atoms with Gasteiger partial charge < -0.3 is 10.4 Å². The molecule has 19 heavy (non-hydrogen) atoms. The van der Waals surface area contributed by atoms with Crippen molar-refractivity contribution in [2.75, 3.05) is 6.61 Å². The Morgan fingerprint density at radius 2 is 2.16 bits per heavy atom. The van der Waals surface area contributed by atoms with Gasteiger partial charge in [0.25, 0.3) is 5.56 Å². The molecule has 1 atom stereocenters. The molecule has 106 valence electrons. The van der Waals surface area contributed by atoms with Crippen LogP contribution in [0.25, 0.3) is 0 Å². The van der Waals surface area contributed by atoms with Crippen molar-refractivity contribution in [3.63, 3.8) is 0 Å². The monoisotopic (exact) mass is 269 g/mol. The summed E-state index contributed by atoms with van der Waals surface area (Å²) in [5.74, 6) is -0.300. The lowest BCUT2D eigenvalue weighted by Gasteiger charge is -2.14. The van der Waals surface area contributed by atoms with E-state index in [1.165, 1.54) is 23.9 Å². The summed E-state index contributed by atoms with van der Waals surface area (Å²) in [4.78, 5) is 34.6. The van der Waals surface area contributed by atoms with Gasteiger partial charge >= 0.3 is 5.69 Å². The highest BCUT2D eigenvalue weighted by Gasteiger charge is 2.09. The average Bonchev–Trinajstić information content (AvgIpc) is 2.37. The van der Waals surface area contributed by atoms with Crippen molar-refractivity contribution in [3.05, 3.63) is 33.1 Å². The van der Waals surface area contributed by atoms with E-state index in [4.69, 9.17) is 5.11 Å². The fourth-order valence-corrected chi connectivity index (χ4v) is 1.68. The van der Waals surface area contributed by atoms with Gasteiger partial charge in [0.05, 0.1) is 0 Å². The maximum atomic E-state index is 11.7. The largest absolute Gasteiger partial charge is 0.396 e. The Labute approximate surface area is 110 Å². The number of aromatic nitrogens is 2. The second kappa shape index (κ2) is 6.89. The van der Waals surface area contributed by atoms with Crippen LogP contribution < -0.4 is 16.6 Å². The van der Waals surface area contributed by atoms with E-state index in [2.05, 4.69) is 5.32 Å². The fourth-order valence-electron chi connectivity index (χ4n) is 1.68. The van der Waals surface area contributed by atoms with Gasteiger partial charge in [-0.3, -0.25) is 18.7 Å². The number of hydrogen-bond acceptors (Lipinski definition) is 4. The fraction of sp³-hybridized carbons (Fsp3) is 0.583. The van der Waals surface area contributed by atoms with Crippen LogP contribution in [-0.2, 0) is 18.4 Å². The highest BCUT2D eigenvalue weighted by Crippen LogP contribution is 1.95. The zero-order valence-corrected chi connectivity index (χ0v) is 11.1. The normalized spacial score (nSPS) is 12.2. The molecule has 1 unspecified atom stereocenters. The molecular weight excluding hydrogens is 250 g/mol. The molecule has 0 bridgehead atoms. The highest BCUT2D eigenvalue weighted by molar-refractivity contribution is 5.75. The molecule has 1 amide bonds. The molecule has 7 heteroatoms. The summed E-state index contributed by atoms with van der Waals surface area (Å²) in [5.41, 5.74) is -0.927. The number of hydrogen-bond donors (Lipinski definition) is 2. The number of amides is 1. The number of rotatable bonds is 6. The Balaban J connectivity index is 2.65. The van der Waals surface area contributed by atoms with Crippen molar-refractivity contribution in [2.45, 2.75) is 32.4 Å². The third-order valence-electron chi connectivity index (χ3n) is 2.78. The minimum Gasteiger partial charge on any atom is -0.396 e. The van der Waals surface area contributed by atoms with Crippen LogP contribution in [0.15, 0.2) is 21.9 Å². The van der Waals surface area contributed by atoms with Gasteiger partial charge in [-0.1, -0.05) is 0 Å². The number of nitrogens with one attached hydrogen (secondary N) is 1. The molecule has 0 aliphatic heterocycles. The van der Waals surface area contributed by atoms with Crippen LogP contribution in [0.5, 0.6) is 0 Å². The van der Waals surface area contributed by atoms with Crippen molar-refractivity contribution in [1.29, 1.82) is 0 Å². The van der Waals surface area contributed by atoms with E-state index in [1.807, 2.05) is 6.92 Å². The van der Waals surface area contributed by atoms with Crippen LogP contribution in [0.1, 0.15) is 19.8 Å². The first-order chi connectivity index (χ1) is 8.95. The Morgan fingerprint density at radius 1 is 1.47 bits per heavy atom. The molecule has 2 N–H and O–H groups in total. The van der Waals surface area contributed by atoms with Crippen LogP contribution in [0.4, 0.5) is 0 Å². The third kappa shape index (κ3) is 4.36. The Hall–Kier alpha value is -1.89. The van der Waals surface area contributed by atoms with Crippen molar-refractivity contribution >= 4 is 5.91 Å². The Bertz CT molecular complexity index is 547. The first-order valence-corrected chi connectivity index (χ1v) is 6.12. The molecule has 0 spiro atoms. The lowest BCUT2D eigenvalue weighted by Crippen LogP contribution is -2.42. The van der Waals surface area contributed by atoms with Gasteiger partial charge in [-0.15, -0.1) is 0 Å². The summed E-state index contributed by atoms with van der Waals surface area (Å²) in [6.07, 6.45) is 2.59. The van der Waals surface area contributed by atoms with Crippen molar-refractivity contribution in [3.8, 4) is 0 Å². The molecular formula is C12H19N3O4. The second-order valence-electron chi connectivity index (χ2n) is 4.46.